The van der Waals surface area contributed by atoms with Crippen molar-refractivity contribution in [2.45, 2.75) is 28.5 Å². The van der Waals surface area contributed by atoms with Gasteiger partial charge in [0.25, 0.3) is 11.8 Å². The highest BCUT2D eigenvalue weighted by molar-refractivity contribution is 14.1. The normalized spacial score (nSPS) is 36.2. The second-order valence-electron chi connectivity index (χ2n) is 9.28. The number of halogens is 4. The molecule has 1 aromatic rings. The molecule has 5 rings (SSSR count). The smallest absolute Gasteiger partial charge is 0.254 e. The molecule has 0 aromatic heterocycles. The molecular formula is C23H20BrCl2IN2O6. The number of allylic oxidation sites excluding steroid dienone is 2. The monoisotopic (exact) mass is 696 g/mol. The number of imide groups is 2. The van der Waals surface area contributed by atoms with Crippen LogP contribution in [-0.2, 0) is 19.2 Å². The van der Waals surface area contributed by atoms with Crippen LogP contribution < -0.4 is 4.74 Å². The molecule has 4 amide bonds. The third-order valence-electron chi connectivity index (χ3n) is 7.84. The van der Waals surface area contributed by atoms with Gasteiger partial charge >= 0.3 is 0 Å². The van der Waals surface area contributed by atoms with Crippen LogP contribution in [0, 0.1) is 21.3 Å². The highest BCUT2D eigenvalue weighted by Gasteiger charge is 2.76. The highest BCUT2D eigenvalue weighted by Crippen LogP contribution is 2.65. The van der Waals surface area contributed by atoms with Gasteiger partial charge in [0.2, 0.25) is 11.8 Å². The number of alkyl halides is 3. The van der Waals surface area contributed by atoms with Crippen molar-refractivity contribution in [1.82, 2.24) is 9.80 Å². The molecule has 4 aliphatic rings. The quantitative estimate of drug-likeness (QED) is 0.171. The maximum Gasteiger partial charge on any atom is 0.254 e. The second kappa shape index (κ2) is 8.32. The van der Waals surface area contributed by atoms with E-state index >= 15 is 0 Å². The Kier molecular flexibility index (Phi) is 6.01. The zero-order chi connectivity index (χ0) is 25.6. The number of hydrogen-bond acceptors (Lipinski definition) is 6. The van der Waals surface area contributed by atoms with Crippen molar-refractivity contribution in [3.63, 3.8) is 0 Å². The Morgan fingerprint density at radius 1 is 1.17 bits per heavy atom. The van der Waals surface area contributed by atoms with Crippen molar-refractivity contribution in [3.05, 3.63) is 32.9 Å². The van der Waals surface area contributed by atoms with Gasteiger partial charge in [0, 0.05) is 13.0 Å². The van der Waals surface area contributed by atoms with Gasteiger partial charge in [-0.1, -0.05) is 27.6 Å². The van der Waals surface area contributed by atoms with Crippen molar-refractivity contribution >= 4 is 85.4 Å². The lowest BCUT2D eigenvalue weighted by Crippen LogP contribution is -2.60. The maximum atomic E-state index is 13.7. The number of aromatic hydroxyl groups is 1. The highest BCUT2D eigenvalue weighted by atomic mass is 127. The topological polar surface area (TPSA) is 104 Å². The van der Waals surface area contributed by atoms with Gasteiger partial charge in [0.15, 0.2) is 21.2 Å². The Morgan fingerprint density at radius 3 is 2.49 bits per heavy atom. The molecule has 2 saturated heterocycles. The van der Waals surface area contributed by atoms with E-state index in [1.807, 2.05) is 28.7 Å². The molecule has 2 aliphatic heterocycles. The van der Waals surface area contributed by atoms with E-state index in [-0.39, 0.29) is 35.2 Å². The number of fused-ring (bicyclic) bond motifs is 4. The van der Waals surface area contributed by atoms with Crippen LogP contribution in [0.1, 0.15) is 24.3 Å². The molecule has 2 heterocycles. The van der Waals surface area contributed by atoms with Crippen molar-refractivity contribution in [3.8, 4) is 11.5 Å². The van der Waals surface area contributed by atoms with Crippen LogP contribution in [0.25, 0.3) is 0 Å². The molecule has 0 bridgehead atoms. The van der Waals surface area contributed by atoms with Crippen LogP contribution in [0.5, 0.6) is 11.5 Å². The summed E-state index contributed by atoms with van der Waals surface area (Å²) in [7, 11) is 2.86. The van der Waals surface area contributed by atoms with Crippen molar-refractivity contribution in [1.29, 1.82) is 0 Å². The van der Waals surface area contributed by atoms with Crippen LogP contribution >= 0.6 is 61.7 Å². The number of rotatable bonds is 3. The summed E-state index contributed by atoms with van der Waals surface area (Å²) in [6, 6.07) is 3.24. The molecule has 1 saturated carbocycles. The second-order valence-corrected chi connectivity index (χ2v) is 12.2. The SMILES string of the molecule is COc1cc(C2C3=CCC4C(=O)N(C)C(=O)C4C3CC3(Cl)C(=O)N(CBr)C(=O)C23Cl)cc(I)c1O. The summed E-state index contributed by atoms with van der Waals surface area (Å²) >= 11 is 19.4. The Balaban J connectivity index is 1.78. The van der Waals surface area contributed by atoms with Gasteiger partial charge in [-0.15, -0.1) is 23.2 Å². The van der Waals surface area contributed by atoms with Crippen LogP contribution in [0.15, 0.2) is 23.8 Å². The summed E-state index contributed by atoms with van der Waals surface area (Å²) in [5, 5.41) is 10.4. The Labute approximate surface area is 233 Å². The van der Waals surface area contributed by atoms with Gasteiger partial charge in [0.05, 0.1) is 28.0 Å². The van der Waals surface area contributed by atoms with Gasteiger partial charge < -0.3 is 9.84 Å². The average molecular weight is 698 g/mol. The Bertz CT molecular complexity index is 1240. The van der Waals surface area contributed by atoms with Crippen molar-refractivity contribution in [2.75, 3.05) is 19.6 Å². The van der Waals surface area contributed by atoms with Crippen LogP contribution in [0.2, 0.25) is 0 Å². The largest absolute Gasteiger partial charge is 0.504 e. The minimum Gasteiger partial charge on any atom is -0.504 e. The summed E-state index contributed by atoms with van der Waals surface area (Å²) in [6.07, 6.45) is 2.11. The van der Waals surface area contributed by atoms with E-state index in [2.05, 4.69) is 15.9 Å². The number of likely N-dealkylation sites (tertiary alicyclic amines) is 2. The number of nitrogens with zero attached hydrogens (tertiary/aromatic N) is 2. The van der Waals surface area contributed by atoms with E-state index in [1.54, 1.807) is 12.1 Å². The molecule has 0 spiro atoms. The average Bonchev–Trinajstić information content (AvgIpc) is 3.13. The zero-order valence-corrected chi connectivity index (χ0v) is 23.8. The maximum absolute atomic E-state index is 13.7. The predicted molar refractivity (Wildman–Crippen MR) is 138 cm³/mol. The molecule has 2 aliphatic carbocycles. The van der Waals surface area contributed by atoms with Crippen molar-refractivity contribution < 1.29 is 29.0 Å². The lowest BCUT2D eigenvalue weighted by molar-refractivity contribution is -0.140. The standard InChI is InChI=1S/C23H20BrCl2IN2O6/c1-28-18(31)11-4-3-10-12(15(11)19(28)32)7-22(25)20(33)29(8-24)21(34)23(22,26)16(10)9-5-13(27)17(30)14(6-9)35-2/h3,5-6,11-12,15-16,30H,4,7-8H2,1-2H3. The molecule has 12 heteroatoms. The van der Waals surface area contributed by atoms with Crippen molar-refractivity contribution in [2.24, 2.45) is 17.8 Å². The van der Waals surface area contributed by atoms with E-state index in [9.17, 15) is 24.3 Å². The molecule has 1 N–H and O–H groups in total. The number of hydrogen-bond donors (Lipinski definition) is 1. The molecule has 6 atom stereocenters. The fourth-order valence-electron chi connectivity index (χ4n) is 6.20. The summed E-state index contributed by atoms with van der Waals surface area (Å²) < 4.78 is 5.80. The van der Waals surface area contributed by atoms with E-state index < -0.39 is 45.2 Å². The molecule has 35 heavy (non-hydrogen) atoms. The summed E-state index contributed by atoms with van der Waals surface area (Å²) in [5.74, 6) is -4.53. The molecule has 8 nitrogen and oxygen atoms in total. The number of methoxy groups -OCH3 is 1. The molecule has 0 radical (unpaired) electrons. The summed E-state index contributed by atoms with van der Waals surface area (Å²) in [5.41, 5.74) is 1.11. The number of carbonyl (C=O) groups is 4. The van der Waals surface area contributed by atoms with Crippen LogP contribution in [-0.4, -0.2) is 67.9 Å². The number of amides is 4. The minimum atomic E-state index is -1.89. The fraction of sp³-hybridized carbons (Fsp3) is 0.478. The van der Waals surface area contributed by atoms with Gasteiger partial charge in [-0.3, -0.25) is 29.0 Å². The third kappa shape index (κ3) is 3.08. The number of phenols is 1. The van der Waals surface area contributed by atoms with E-state index in [0.29, 0.717) is 21.1 Å². The summed E-state index contributed by atoms with van der Waals surface area (Å²) in [4.78, 5) is 51.5. The first-order chi connectivity index (χ1) is 16.4. The fourth-order valence-corrected chi connectivity index (χ4v) is 8.25. The van der Waals surface area contributed by atoms with E-state index in [1.165, 1.54) is 14.2 Å². The first-order valence-corrected chi connectivity index (χ1v) is 13.8. The van der Waals surface area contributed by atoms with Gasteiger partial charge in [-0.05, 0) is 59.0 Å². The molecule has 6 unspecified atom stereocenters. The Hall–Kier alpha value is -1.37. The molecule has 1 aromatic carbocycles. The zero-order valence-electron chi connectivity index (χ0n) is 18.6. The molecular weight excluding hydrogens is 678 g/mol. The van der Waals surface area contributed by atoms with Gasteiger partial charge in [0.1, 0.15) is 0 Å². The number of benzene rings is 1. The van der Waals surface area contributed by atoms with E-state index in [0.717, 1.165) is 9.80 Å². The number of carbonyl (C=O) groups excluding carboxylic acids is 4. The number of phenolic OH excluding ortho intramolecular Hbond substituents is 1. The first kappa shape index (κ1) is 25.3. The number of ether oxygens (including phenoxy) is 1. The van der Waals surface area contributed by atoms with E-state index in [4.69, 9.17) is 27.9 Å². The predicted octanol–water partition coefficient (Wildman–Crippen LogP) is 3.35. The lowest BCUT2D eigenvalue weighted by Gasteiger charge is -2.50. The molecule has 186 valence electrons. The summed E-state index contributed by atoms with van der Waals surface area (Å²) in [6.45, 7) is 0. The van der Waals surface area contributed by atoms with Gasteiger partial charge in [-0.2, -0.15) is 0 Å². The lowest BCUT2D eigenvalue weighted by atomic mass is 9.56. The molecule has 3 fully saturated rings. The minimum absolute atomic E-state index is 0.0607. The third-order valence-corrected chi connectivity index (χ3v) is 10.6. The van der Waals surface area contributed by atoms with Crippen LogP contribution in [0.3, 0.4) is 0 Å². The first-order valence-electron chi connectivity index (χ1n) is 10.8. The Morgan fingerprint density at radius 2 is 1.86 bits per heavy atom. The van der Waals surface area contributed by atoms with Crippen LogP contribution in [0.4, 0.5) is 0 Å². The van der Waals surface area contributed by atoms with Gasteiger partial charge in [-0.25, -0.2) is 0 Å².